The number of nitrogens with one attached hydrogen (secondary N) is 1. The fourth-order valence-electron chi connectivity index (χ4n) is 1.79. The highest BCUT2D eigenvalue weighted by Crippen LogP contribution is 2.18. The lowest BCUT2D eigenvalue weighted by Gasteiger charge is -2.13. The maximum atomic E-state index is 11.7. The summed E-state index contributed by atoms with van der Waals surface area (Å²) in [5.74, 6) is -0.388. The third kappa shape index (κ3) is 7.72. The van der Waals surface area contributed by atoms with Gasteiger partial charge in [0.1, 0.15) is 6.04 Å². The Morgan fingerprint density at radius 3 is 2.57 bits per heavy atom. The maximum absolute atomic E-state index is 11.7. The van der Waals surface area contributed by atoms with Crippen molar-refractivity contribution in [3.8, 4) is 0 Å². The van der Waals surface area contributed by atoms with Crippen molar-refractivity contribution in [3.05, 3.63) is 30.3 Å². The van der Waals surface area contributed by atoms with Gasteiger partial charge in [0.2, 0.25) is 5.91 Å². The number of carbonyl (C=O) groups is 2. The molecule has 0 heterocycles. The summed E-state index contributed by atoms with van der Waals surface area (Å²) in [5.41, 5.74) is 5.35. The monoisotopic (exact) mass is 310 g/mol. The van der Waals surface area contributed by atoms with Crippen molar-refractivity contribution in [2.45, 2.75) is 36.6 Å². The summed E-state index contributed by atoms with van der Waals surface area (Å²) in [4.78, 5) is 23.9. The van der Waals surface area contributed by atoms with E-state index in [2.05, 4.69) is 5.32 Å². The minimum absolute atomic E-state index is 0.215. The highest BCUT2D eigenvalue weighted by atomic mass is 32.2. The third-order valence-electron chi connectivity index (χ3n) is 2.89. The van der Waals surface area contributed by atoms with Gasteiger partial charge in [0.15, 0.2) is 0 Å². The summed E-state index contributed by atoms with van der Waals surface area (Å²) >= 11 is 1.69. The van der Waals surface area contributed by atoms with Gasteiger partial charge in [-0.3, -0.25) is 4.79 Å². The van der Waals surface area contributed by atoms with Crippen LogP contribution in [0.2, 0.25) is 0 Å². The summed E-state index contributed by atoms with van der Waals surface area (Å²) in [7, 11) is 0. The van der Waals surface area contributed by atoms with Crippen molar-refractivity contribution in [1.29, 1.82) is 0 Å². The van der Waals surface area contributed by atoms with Gasteiger partial charge >= 0.3 is 5.97 Å². The van der Waals surface area contributed by atoms with Crippen LogP contribution in [0.25, 0.3) is 0 Å². The summed E-state index contributed by atoms with van der Waals surface area (Å²) in [6.45, 7) is 0.424. The number of hydrogen-bond acceptors (Lipinski definition) is 4. The van der Waals surface area contributed by atoms with E-state index in [1.165, 1.54) is 4.90 Å². The molecule has 1 rings (SSSR count). The number of aliphatic carboxylic acids is 1. The Morgan fingerprint density at radius 2 is 1.95 bits per heavy atom. The first-order valence-corrected chi connectivity index (χ1v) is 8.02. The molecule has 0 fully saturated rings. The average molecular weight is 310 g/mol. The highest BCUT2D eigenvalue weighted by molar-refractivity contribution is 7.99. The molecule has 21 heavy (non-hydrogen) atoms. The fourth-order valence-corrected chi connectivity index (χ4v) is 2.66. The first-order valence-electron chi connectivity index (χ1n) is 7.03. The molecule has 0 aliphatic carbocycles. The van der Waals surface area contributed by atoms with Crippen LogP contribution in [0.1, 0.15) is 25.7 Å². The smallest absolute Gasteiger partial charge is 0.326 e. The van der Waals surface area contributed by atoms with Gasteiger partial charge in [-0.05, 0) is 43.7 Å². The summed E-state index contributed by atoms with van der Waals surface area (Å²) in [6, 6.07) is 9.14. The van der Waals surface area contributed by atoms with E-state index >= 15 is 0 Å². The first-order chi connectivity index (χ1) is 10.1. The Kier molecular flexibility index (Phi) is 8.54. The van der Waals surface area contributed by atoms with Crippen molar-refractivity contribution < 1.29 is 14.7 Å². The molecule has 6 heteroatoms. The van der Waals surface area contributed by atoms with Gasteiger partial charge < -0.3 is 16.2 Å². The van der Waals surface area contributed by atoms with Gasteiger partial charge in [0.05, 0.1) is 0 Å². The topological polar surface area (TPSA) is 92.4 Å². The van der Waals surface area contributed by atoms with Crippen LogP contribution in [0.5, 0.6) is 0 Å². The summed E-state index contributed by atoms with van der Waals surface area (Å²) in [5, 5.41) is 11.6. The maximum Gasteiger partial charge on any atom is 0.326 e. The molecule has 0 aliphatic rings. The normalized spacial score (nSPS) is 11.9. The molecule has 0 spiro atoms. The summed E-state index contributed by atoms with van der Waals surface area (Å²) < 4.78 is 0. The molecule has 0 unspecified atom stereocenters. The van der Waals surface area contributed by atoms with Gasteiger partial charge in [-0.2, -0.15) is 0 Å². The van der Waals surface area contributed by atoms with Crippen molar-refractivity contribution in [2.24, 2.45) is 5.73 Å². The number of carbonyl (C=O) groups excluding carboxylic acids is 1. The SMILES string of the molecule is NCCC[C@@H](NC(=O)CCCSc1ccccc1)C(=O)O. The minimum Gasteiger partial charge on any atom is -0.480 e. The Labute approximate surface area is 129 Å². The molecule has 116 valence electrons. The molecule has 4 N–H and O–H groups in total. The molecule has 0 aromatic heterocycles. The highest BCUT2D eigenvalue weighted by Gasteiger charge is 2.18. The van der Waals surface area contributed by atoms with E-state index < -0.39 is 12.0 Å². The predicted molar refractivity (Wildman–Crippen MR) is 84.3 cm³/mol. The van der Waals surface area contributed by atoms with Crippen LogP contribution in [0.3, 0.4) is 0 Å². The second-order valence-electron chi connectivity index (χ2n) is 4.65. The number of carboxylic acids is 1. The van der Waals surface area contributed by atoms with Crippen LogP contribution in [0, 0.1) is 0 Å². The number of benzene rings is 1. The van der Waals surface area contributed by atoms with Gasteiger partial charge in [-0.15, -0.1) is 11.8 Å². The molecule has 0 saturated heterocycles. The van der Waals surface area contributed by atoms with Crippen molar-refractivity contribution in [3.63, 3.8) is 0 Å². The lowest BCUT2D eigenvalue weighted by atomic mass is 10.1. The predicted octanol–water partition coefficient (Wildman–Crippen LogP) is 1.87. The lowest BCUT2D eigenvalue weighted by molar-refractivity contribution is -0.142. The molecule has 1 amide bonds. The molecule has 0 saturated carbocycles. The Balaban J connectivity index is 2.21. The van der Waals surface area contributed by atoms with E-state index in [9.17, 15) is 9.59 Å². The molecule has 0 radical (unpaired) electrons. The van der Waals surface area contributed by atoms with Crippen LogP contribution in [0.4, 0.5) is 0 Å². The Bertz CT molecular complexity index is 440. The van der Waals surface area contributed by atoms with E-state index in [0.717, 1.165) is 5.75 Å². The summed E-state index contributed by atoms with van der Waals surface area (Å²) in [6.07, 6.45) is 2.01. The van der Waals surface area contributed by atoms with Gasteiger partial charge in [-0.1, -0.05) is 18.2 Å². The van der Waals surface area contributed by atoms with E-state index in [1.54, 1.807) is 11.8 Å². The Morgan fingerprint density at radius 1 is 1.24 bits per heavy atom. The van der Waals surface area contributed by atoms with Crippen LogP contribution in [-0.2, 0) is 9.59 Å². The van der Waals surface area contributed by atoms with E-state index in [4.69, 9.17) is 10.8 Å². The van der Waals surface area contributed by atoms with Crippen LogP contribution >= 0.6 is 11.8 Å². The molecule has 5 nitrogen and oxygen atoms in total. The third-order valence-corrected chi connectivity index (χ3v) is 3.99. The Hall–Kier alpha value is -1.53. The number of carboxylic acid groups (broad SMARTS) is 1. The zero-order chi connectivity index (χ0) is 15.5. The van der Waals surface area contributed by atoms with Gasteiger partial charge in [-0.25, -0.2) is 4.79 Å². The number of rotatable bonds is 10. The fraction of sp³-hybridized carbons (Fsp3) is 0.467. The van der Waals surface area contributed by atoms with Crippen molar-refractivity contribution in [1.82, 2.24) is 5.32 Å². The standard InChI is InChI=1S/C15H22N2O3S/c16-10-4-8-13(15(19)20)17-14(18)9-5-11-21-12-6-2-1-3-7-12/h1-3,6-7,13H,4-5,8-11,16H2,(H,17,18)(H,19,20)/t13-/m1/s1. The van der Waals surface area contributed by atoms with Crippen LogP contribution in [-0.4, -0.2) is 35.3 Å². The largest absolute Gasteiger partial charge is 0.480 e. The second kappa shape index (κ2) is 10.2. The molecule has 0 aliphatic heterocycles. The van der Waals surface area contributed by atoms with Gasteiger partial charge in [0.25, 0.3) is 0 Å². The zero-order valence-electron chi connectivity index (χ0n) is 12.0. The van der Waals surface area contributed by atoms with Gasteiger partial charge in [0, 0.05) is 11.3 Å². The molecule has 1 aromatic rings. The van der Waals surface area contributed by atoms with Crippen molar-refractivity contribution >= 4 is 23.6 Å². The number of nitrogens with two attached hydrogens (primary N) is 1. The minimum atomic E-state index is -1.00. The second-order valence-corrected chi connectivity index (χ2v) is 5.82. The molecular weight excluding hydrogens is 288 g/mol. The molecule has 0 bridgehead atoms. The average Bonchev–Trinajstić information content (AvgIpc) is 2.48. The molecule has 1 atom stereocenters. The molecule has 1 aromatic carbocycles. The number of thioether (sulfide) groups is 1. The molecular formula is C15H22N2O3S. The van der Waals surface area contributed by atoms with E-state index in [-0.39, 0.29) is 5.91 Å². The lowest BCUT2D eigenvalue weighted by Crippen LogP contribution is -2.41. The number of hydrogen-bond donors (Lipinski definition) is 3. The van der Waals surface area contributed by atoms with Crippen molar-refractivity contribution in [2.75, 3.05) is 12.3 Å². The quantitative estimate of drug-likeness (QED) is 0.453. The van der Waals surface area contributed by atoms with E-state index in [0.29, 0.717) is 32.2 Å². The number of amides is 1. The van der Waals surface area contributed by atoms with Crippen LogP contribution in [0.15, 0.2) is 35.2 Å². The van der Waals surface area contributed by atoms with Crippen LogP contribution < -0.4 is 11.1 Å². The zero-order valence-corrected chi connectivity index (χ0v) is 12.8. The first kappa shape index (κ1) is 17.5. The van der Waals surface area contributed by atoms with E-state index in [1.807, 2.05) is 30.3 Å².